The molecule has 108 valence electrons. The summed E-state index contributed by atoms with van der Waals surface area (Å²) in [4.78, 5) is 23.7. The van der Waals surface area contributed by atoms with Crippen LogP contribution < -0.4 is 4.90 Å². The minimum absolute atomic E-state index is 0.0528. The predicted octanol–water partition coefficient (Wildman–Crippen LogP) is 1.93. The predicted molar refractivity (Wildman–Crippen MR) is 75.0 cm³/mol. The second kappa shape index (κ2) is 4.92. The van der Waals surface area contributed by atoms with Gasteiger partial charge in [-0.05, 0) is 38.2 Å². The first-order valence-electron chi connectivity index (χ1n) is 7.14. The van der Waals surface area contributed by atoms with Gasteiger partial charge in [-0.3, -0.25) is 4.90 Å². The van der Waals surface area contributed by atoms with Gasteiger partial charge in [0.2, 0.25) is 5.95 Å². The van der Waals surface area contributed by atoms with Crippen molar-refractivity contribution in [1.82, 2.24) is 14.9 Å². The first-order chi connectivity index (χ1) is 9.56. The van der Waals surface area contributed by atoms with Crippen LogP contribution in [0.2, 0.25) is 0 Å². The Balaban J connectivity index is 1.73. The molecule has 3 rings (SSSR count). The van der Waals surface area contributed by atoms with E-state index in [9.17, 15) is 9.90 Å². The SMILES string of the molecule is C[C@@H]1CN(c2ncc(C3CC3)cn2)C[C@H](C)N1C(=O)O. The van der Waals surface area contributed by atoms with Crippen molar-refractivity contribution in [2.24, 2.45) is 0 Å². The summed E-state index contributed by atoms with van der Waals surface area (Å²) in [5.41, 5.74) is 1.22. The monoisotopic (exact) mass is 276 g/mol. The molecule has 0 aromatic carbocycles. The molecular weight excluding hydrogens is 256 g/mol. The summed E-state index contributed by atoms with van der Waals surface area (Å²) >= 11 is 0. The topological polar surface area (TPSA) is 69.6 Å². The molecule has 1 aromatic rings. The number of anilines is 1. The Hall–Kier alpha value is -1.85. The summed E-state index contributed by atoms with van der Waals surface area (Å²) in [5.74, 6) is 1.36. The van der Waals surface area contributed by atoms with Crippen molar-refractivity contribution in [2.45, 2.75) is 44.7 Å². The zero-order valence-electron chi connectivity index (χ0n) is 11.9. The van der Waals surface area contributed by atoms with E-state index in [4.69, 9.17) is 0 Å². The van der Waals surface area contributed by atoms with E-state index >= 15 is 0 Å². The molecule has 0 radical (unpaired) electrons. The van der Waals surface area contributed by atoms with Crippen LogP contribution in [0, 0.1) is 0 Å². The summed E-state index contributed by atoms with van der Waals surface area (Å²) in [6, 6.07) is -0.106. The lowest BCUT2D eigenvalue weighted by atomic mass is 10.1. The van der Waals surface area contributed by atoms with Gasteiger partial charge in [0, 0.05) is 25.5 Å². The highest BCUT2D eigenvalue weighted by Crippen LogP contribution is 2.39. The van der Waals surface area contributed by atoms with E-state index in [2.05, 4.69) is 14.9 Å². The number of rotatable bonds is 2. The van der Waals surface area contributed by atoms with Crippen LogP contribution in [0.3, 0.4) is 0 Å². The van der Waals surface area contributed by atoms with Crippen molar-refractivity contribution in [1.29, 1.82) is 0 Å². The van der Waals surface area contributed by atoms with Gasteiger partial charge >= 0.3 is 6.09 Å². The molecule has 1 aromatic heterocycles. The van der Waals surface area contributed by atoms with E-state index in [0.717, 1.165) is 0 Å². The fourth-order valence-corrected chi connectivity index (χ4v) is 2.99. The number of nitrogens with zero attached hydrogens (tertiary/aromatic N) is 4. The van der Waals surface area contributed by atoms with Gasteiger partial charge in [-0.1, -0.05) is 0 Å². The first kappa shape index (κ1) is 13.1. The Morgan fingerprint density at radius 1 is 1.20 bits per heavy atom. The normalized spacial score (nSPS) is 26.7. The lowest BCUT2D eigenvalue weighted by Gasteiger charge is -2.42. The second-order valence-electron chi connectivity index (χ2n) is 5.88. The summed E-state index contributed by atoms with van der Waals surface area (Å²) in [7, 11) is 0. The van der Waals surface area contributed by atoms with Crippen molar-refractivity contribution < 1.29 is 9.90 Å². The second-order valence-corrected chi connectivity index (χ2v) is 5.88. The molecule has 0 bridgehead atoms. The van der Waals surface area contributed by atoms with Crippen molar-refractivity contribution in [3.63, 3.8) is 0 Å². The van der Waals surface area contributed by atoms with Crippen LogP contribution in [0.15, 0.2) is 12.4 Å². The van der Waals surface area contributed by atoms with E-state index < -0.39 is 6.09 Å². The number of hydrogen-bond donors (Lipinski definition) is 1. The number of piperazine rings is 1. The number of amides is 1. The molecule has 1 N–H and O–H groups in total. The van der Waals surface area contributed by atoms with E-state index in [-0.39, 0.29) is 12.1 Å². The minimum Gasteiger partial charge on any atom is -0.465 e. The third-order valence-corrected chi connectivity index (χ3v) is 4.13. The molecule has 2 atom stereocenters. The van der Waals surface area contributed by atoms with Crippen LogP contribution in [0.25, 0.3) is 0 Å². The molecule has 1 amide bonds. The highest BCUT2D eigenvalue weighted by molar-refractivity contribution is 5.66. The Morgan fingerprint density at radius 2 is 1.75 bits per heavy atom. The Morgan fingerprint density at radius 3 is 2.20 bits per heavy atom. The van der Waals surface area contributed by atoms with Gasteiger partial charge in [-0.2, -0.15) is 0 Å². The van der Waals surface area contributed by atoms with Crippen molar-refractivity contribution >= 4 is 12.0 Å². The van der Waals surface area contributed by atoms with Gasteiger partial charge in [-0.25, -0.2) is 14.8 Å². The molecule has 6 heteroatoms. The smallest absolute Gasteiger partial charge is 0.407 e. The molecule has 1 saturated carbocycles. The van der Waals surface area contributed by atoms with Crippen LogP contribution in [-0.2, 0) is 0 Å². The zero-order chi connectivity index (χ0) is 14.3. The van der Waals surface area contributed by atoms with E-state index in [1.807, 2.05) is 26.2 Å². The summed E-state index contributed by atoms with van der Waals surface area (Å²) in [6.07, 6.45) is 5.47. The molecule has 0 spiro atoms. The molecule has 1 aliphatic carbocycles. The Kier molecular flexibility index (Phi) is 3.23. The standard InChI is InChI=1S/C14H20N4O2/c1-9-7-17(8-10(2)18(9)14(19)20)13-15-5-12(6-16-13)11-3-4-11/h5-6,9-11H,3-4,7-8H2,1-2H3,(H,19,20)/t9-,10+. The molecule has 20 heavy (non-hydrogen) atoms. The summed E-state index contributed by atoms with van der Waals surface area (Å²) in [5, 5.41) is 9.22. The highest BCUT2D eigenvalue weighted by Gasteiger charge is 2.34. The van der Waals surface area contributed by atoms with Crippen LogP contribution in [-0.4, -0.2) is 51.2 Å². The zero-order valence-corrected chi connectivity index (χ0v) is 11.9. The van der Waals surface area contributed by atoms with Gasteiger partial charge in [0.1, 0.15) is 0 Å². The molecule has 0 unspecified atom stereocenters. The van der Waals surface area contributed by atoms with E-state index in [1.165, 1.54) is 23.3 Å². The van der Waals surface area contributed by atoms with Crippen molar-refractivity contribution in [3.8, 4) is 0 Å². The van der Waals surface area contributed by atoms with Crippen LogP contribution >= 0.6 is 0 Å². The molecule has 1 saturated heterocycles. The first-order valence-corrected chi connectivity index (χ1v) is 7.14. The fourth-order valence-electron chi connectivity index (χ4n) is 2.99. The number of carboxylic acid groups (broad SMARTS) is 1. The molecule has 6 nitrogen and oxygen atoms in total. The van der Waals surface area contributed by atoms with Crippen LogP contribution in [0.1, 0.15) is 38.2 Å². The van der Waals surface area contributed by atoms with Gasteiger partial charge < -0.3 is 10.0 Å². The summed E-state index contributed by atoms with van der Waals surface area (Å²) < 4.78 is 0. The third kappa shape index (κ3) is 2.42. The third-order valence-electron chi connectivity index (χ3n) is 4.13. The molecule has 2 heterocycles. The molecule has 2 aliphatic rings. The van der Waals surface area contributed by atoms with E-state index in [1.54, 1.807) is 0 Å². The van der Waals surface area contributed by atoms with Crippen LogP contribution in [0.4, 0.5) is 10.7 Å². The maximum absolute atomic E-state index is 11.2. The quantitative estimate of drug-likeness (QED) is 0.893. The van der Waals surface area contributed by atoms with Gasteiger partial charge in [0.25, 0.3) is 0 Å². The van der Waals surface area contributed by atoms with E-state index in [0.29, 0.717) is 25.0 Å². The maximum Gasteiger partial charge on any atom is 0.407 e. The van der Waals surface area contributed by atoms with Crippen molar-refractivity contribution in [2.75, 3.05) is 18.0 Å². The van der Waals surface area contributed by atoms with Crippen LogP contribution in [0.5, 0.6) is 0 Å². The van der Waals surface area contributed by atoms with Gasteiger partial charge in [0.05, 0.1) is 12.1 Å². The Labute approximate surface area is 118 Å². The molecular formula is C14H20N4O2. The average molecular weight is 276 g/mol. The lowest BCUT2D eigenvalue weighted by Crippen LogP contribution is -2.58. The minimum atomic E-state index is -0.852. The summed E-state index contributed by atoms with van der Waals surface area (Å²) in [6.45, 7) is 5.13. The maximum atomic E-state index is 11.2. The Bertz CT molecular complexity index is 488. The molecule has 1 aliphatic heterocycles. The number of hydrogen-bond acceptors (Lipinski definition) is 4. The van der Waals surface area contributed by atoms with Crippen molar-refractivity contribution in [3.05, 3.63) is 18.0 Å². The van der Waals surface area contributed by atoms with Gasteiger partial charge in [-0.15, -0.1) is 0 Å². The van der Waals surface area contributed by atoms with Gasteiger partial charge in [0.15, 0.2) is 0 Å². The number of aromatic nitrogens is 2. The number of carbonyl (C=O) groups is 1. The lowest BCUT2D eigenvalue weighted by molar-refractivity contribution is 0.0979. The molecule has 2 fully saturated rings. The average Bonchev–Trinajstić information content (AvgIpc) is 3.22. The largest absolute Gasteiger partial charge is 0.465 e. The fraction of sp³-hybridized carbons (Fsp3) is 0.643. The highest BCUT2D eigenvalue weighted by atomic mass is 16.4.